The first-order chi connectivity index (χ1) is 16.3. The lowest BCUT2D eigenvalue weighted by Crippen LogP contribution is -2.40. The largest absolute Gasteiger partial charge is 0.379 e. The molecule has 0 aliphatic carbocycles. The van der Waals surface area contributed by atoms with Crippen LogP contribution in [0.1, 0.15) is 37.7 Å². The molecule has 3 aromatic rings. The SMILES string of the molecule is O=C1NCCc2c1c(OS(=O)(=O)Cc1ccccc1)c1n2CCN(Cc2ccc(F)cc2)C1=O. The van der Waals surface area contributed by atoms with E-state index in [4.69, 9.17) is 4.18 Å². The van der Waals surface area contributed by atoms with Crippen LogP contribution in [-0.4, -0.2) is 42.8 Å². The van der Waals surface area contributed by atoms with Gasteiger partial charge in [-0.15, -0.1) is 0 Å². The number of nitrogens with zero attached hydrogens (tertiary/aromatic N) is 2. The van der Waals surface area contributed by atoms with Gasteiger partial charge in [-0.1, -0.05) is 42.5 Å². The zero-order valence-corrected chi connectivity index (χ0v) is 19.0. The Morgan fingerprint density at radius 3 is 2.44 bits per heavy atom. The molecule has 2 aliphatic heterocycles. The number of carbonyl (C=O) groups is 2. The fourth-order valence-electron chi connectivity index (χ4n) is 4.43. The van der Waals surface area contributed by atoms with Crippen molar-refractivity contribution in [3.63, 3.8) is 0 Å². The molecule has 2 aliphatic rings. The zero-order chi connectivity index (χ0) is 23.9. The molecular formula is C24H22FN3O5S. The van der Waals surface area contributed by atoms with E-state index in [0.717, 1.165) is 5.56 Å². The number of amides is 2. The van der Waals surface area contributed by atoms with Crippen molar-refractivity contribution in [1.29, 1.82) is 0 Å². The maximum absolute atomic E-state index is 13.5. The van der Waals surface area contributed by atoms with E-state index in [0.29, 0.717) is 37.3 Å². The monoisotopic (exact) mass is 483 g/mol. The normalized spacial score (nSPS) is 15.5. The molecule has 176 valence electrons. The Labute approximate surface area is 196 Å². The molecule has 1 aromatic heterocycles. The van der Waals surface area contributed by atoms with Gasteiger partial charge in [0.1, 0.15) is 17.1 Å². The fraction of sp³-hybridized carbons (Fsp3) is 0.250. The van der Waals surface area contributed by atoms with Crippen LogP contribution in [0.4, 0.5) is 4.39 Å². The van der Waals surface area contributed by atoms with Gasteiger partial charge in [0.2, 0.25) is 0 Å². The van der Waals surface area contributed by atoms with Crippen LogP contribution in [0.25, 0.3) is 0 Å². The van der Waals surface area contributed by atoms with Crippen LogP contribution in [0.3, 0.4) is 0 Å². The number of hydrogen-bond acceptors (Lipinski definition) is 5. The highest BCUT2D eigenvalue weighted by molar-refractivity contribution is 7.86. The molecule has 0 radical (unpaired) electrons. The number of halogens is 1. The van der Waals surface area contributed by atoms with Crippen LogP contribution >= 0.6 is 0 Å². The highest BCUT2D eigenvalue weighted by Crippen LogP contribution is 2.37. The summed E-state index contributed by atoms with van der Waals surface area (Å²) in [6.45, 7) is 1.36. The summed E-state index contributed by atoms with van der Waals surface area (Å²) in [5, 5.41) is 2.71. The lowest BCUT2D eigenvalue weighted by molar-refractivity contribution is 0.0686. The molecule has 8 nitrogen and oxygen atoms in total. The van der Waals surface area contributed by atoms with Crippen LogP contribution in [0.2, 0.25) is 0 Å². The van der Waals surface area contributed by atoms with Gasteiger partial charge in [-0.2, -0.15) is 8.42 Å². The first-order valence-electron chi connectivity index (χ1n) is 10.9. The lowest BCUT2D eigenvalue weighted by atomic mass is 10.1. The van der Waals surface area contributed by atoms with Gasteiger partial charge in [0.15, 0.2) is 11.4 Å². The quantitative estimate of drug-likeness (QED) is 0.544. The number of fused-ring (bicyclic) bond motifs is 3. The Balaban J connectivity index is 1.52. The van der Waals surface area contributed by atoms with E-state index in [9.17, 15) is 22.4 Å². The van der Waals surface area contributed by atoms with Crippen LogP contribution < -0.4 is 9.50 Å². The van der Waals surface area contributed by atoms with Crippen molar-refractivity contribution in [1.82, 2.24) is 14.8 Å². The van der Waals surface area contributed by atoms with Gasteiger partial charge in [-0.25, -0.2) is 4.39 Å². The first-order valence-corrected chi connectivity index (χ1v) is 12.4. The molecule has 34 heavy (non-hydrogen) atoms. The second kappa shape index (κ2) is 8.60. The van der Waals surface area contributed by atoms with Crippen LogP contribution in [-0.2, 0) is 35.4 Å². The minimum absolute atomic E-state index is 0.0482. The van der Waals surface area contributed by atoms with Crippen molar-refractivity contribution in [3.05, 3.63) is 88.5 Å². The van der Waals surface area contributed by atoms with Gasteiger partial charge in [0.25, 0.3) is 11.8 Å². The lowest BCUT2D eigenvalue weighted by Gasteiger charge is -2.29. The smallest absolute Gasteiger partial charge is 0.313 e. The van der Waals surface area contributed by atoms with E-state index in [1.165, 1.54) is 12.1 Å². The van der Waals surface area contributed by atoms with Crippen LogP contribution in [0.15, 0.2) is 54.6 Å². The van der Waals surface area contributed by atoms with Crippen molar-refractivity contribution in [2.45, 2.75) is 25.3 Å². The second-order valence-electron chi connectivity index (χ2n) is 8.28. The number of benzene rings is 2. The van der Waals surface area contributed by atoms with E-state index in [-0.39, 0.29) is 29.4 Å². The standard InChI is InChI=1S/C24H22FN3O5S/c25-18-8-6-16(7-9-18)14-27-12-13-28-19-10-11-26-23(29)20(19)22(21(28)24(27)30)33-34(31,32)15-17-4-2-1-3-5-17/h1-9H,10-15H2,(H,26,29). The fourth-order valence-corrected chi connectivity index (χ4v) is 5.50. The molecule has 0 fully saturated rings. The molecule has 0 bridgehead atoms. The summed E-state index contributed by atoms with van der Waals surface area (Å²) in [5.74, 6) is -1.91. The summed E-state index contributed by atoms with van der Waals surface area (Å²) in [6.07, 6.45) is 0.460. The topological polar surface area (TPSA) is 97.7 Å². The average Bonchev–Trinajstić information content (AvgIpc) is 3.12. The van der Waals surface area contributed by atoms with E-state index < -0.39 is 27.7 Å². The summed E-state index contributed by atoms with van der Waals surface area (Å²) in [5.41, 5.74) is 2.00. The second-order valence-corrected chi connectivity index (χ2v) is 9.85. The zero-order valence-electron chi connectivity index (χ0n) is 18.2. The van der Waals surface area contributed by atoms with Crippen molar-refractivity contribution in [2.75, 3.05) is 13.1 Å². The van der Waals surface area contributed by atoms with Crippen molar-refractivity contribution in [3.8, 4) is 5.75 Å². The van der Waals surface area contributed by atoms with Gasteiger partial charge in [-0.3, -0.25) is 9.59 Å². The Kier molecular flexibility index (Phi) is 5.60. The summed E-state index contributed by atoms with van der Waals surface area (Å²) in [6, 6.07) is 14.4. The third kappa shape index (κ3) is 4.16. The number of nitrogens with one attached hydrogen (secondary N) is 1. The minimum atomic E-state index is -4.16. The third-order valence-corrected chi connectivity index (χ3v) is 7.07. The molecular weight excluding hydrogens is 461 g/mol. The molecule has 1 N–H and O–H groups in total. The molecule has 0 saturated carbocycles. The molecule has 5 rings (SSSR count). The summed E-state index contributed by atoms with van der Waals surface area (Å²) in [7, 11) is -4.16. The molecule has 0 unspecified atom stereocenters. The molecule has 0 spiro atoms. The minimum Gasteiger partial charge on any atom is -0.379 e. The predicted molar refractivity (Wildman–Crippen MR) is 121 cm³/mol. The van der Waals surface area contributed by atoms with E-state index >= 15 is 0 Å². The molecule has 2 aromatic carbocycles. The Bertz CT molecular complexity index is 1370. The van der Waals surface area contributed by atoms with Gasteiger partial charge >= 0.3 is 10.1 Å². The van der Waals surface area contributed by atoms with Crippen LogP contribution in [0, 0.1) is 5.82 Å². The number of aromatic nitrogens is 1. The van der Waals surface area contributed by atoms with Gasteiger partial charge in [0.05, 0.1) is 0 Å². The van der Waals surface area contributed by atoms with Gasteiger partial charge < -0.3 is 19.0 Å². The van der Waals surface area contributed by atoms with Crippen LogP contribution in [0.5, 0.6) is 5.75 Å². The van der Waals surface area contributed by atoms with Crippen molar-refractivity contribution in [2.24, 2.45) is 0 Å². The Morgan fingerprint density at radius 2 is 1.71 bits per heavy atom. The summed E-state index contributed by atoms with van der Waals surface area (Å²) >= 11 is 0. The number of carbonyl (C=O) groups excluding carboxylic acids is 2. The first kappa shape index (κ1) is 22.1. The maximum Gasteiger partial charge on any atom is 0.313 e. The summed E-state index contributed by atoms with van der Waals surface area (Å²) < 4.78 is 46.3. The molecule has 10 heteroatoms. The van der Waals surface area contributed by atoms with Crippen molar-refractivity contribution < 1.29 is 26.6 Å². The highest BCUT2D eigenvalue weighted by Gasteiger charge is 2.39. The van der Waals surface area contributed by atoms with Gasteiger partial charge in [-0.05, 0) is 23.3 Å². The maximum atomic E-state index is 13.5. The molecule has 0 atom stereocenters. The average molecular weight is 484 g/mol. The molecule has 2 amide bonds. The highest BCUT2D eigenvalue weighted by atomic mass is 32.2. The van der Waals surface area contributed by atoms with Gasteiger partial charge in [0, 0.05) is 38.3 Å². The number of rotatable bonds is 6. The van der Waals surface area contributed by atoms with E-state index in [1.54, 1.807) is 51.9 Å². The van der Waals surface area contributed by atoms with E-state index in [2.05, 4.69) is 5.32 Å². The Morgan fingerprint density at radius 1 is 0.971 bits per heavy atom. The molecule has 0 saturated heterocycles. The summed E-state index contributed by atoms with van der Waals surface area (Å²) in [4.78, 5) is 27.8. The Hall–Kier alpha value is -3.66. The predicted octanol–water partition coefficient (Wildman–Crippen LogP) is 2.48. The van der Waals surface area contributed by atoms with E-state index in [1.807, 2.05) is 0 Å². The molecule has 3 heterocycles. The van der Waals surface area contributed by atoms with Crippen molar-refractivity contribution >= 4 is 21.9 Å². The third-order valence-electron chi connectivity index (χ3n) is 5.97. The number of hydrogen-bond donors (Lipinski definition) is 1.